The molecule has 2 heterocycles. The van der Waals surface area contributed by atoms with E-state index in [-0.39, 0.29) is 6.09 Å². The van der Waals surface area contributed by atoms with Crippen molar-refractivity contribution >= 4 is 6.09 Å². The zero-order valence-electron chi connectivity index (χ0n) is 13.9. The maximum Gasteiger partial charge on any atom is 0.410 e. The van der Waals surface area contributed by atoms with Crippen molar-refractivity contribution < 1.29 is 9.53 Å². The molecule has 2 fully saturated rings. The number of hydrogen-bond donors (Lipinski definition) is 0. The molecule has 21 heavy (non-hydrogen) atoms. The fraction of sp³-hybridized carbons (Fsp3) is 0.938. The lowest BCUT2D eigenvalue weighted by Gasteiger charge is -2.35. The van der Waals surface area contributed by atoms with Crippen molar-refractivity contribution in [2.24, 2.45) is 0 Å². The minimum Gasteiger partial charge on any atom is -0.444 e. The molecule has 0 radical (unpaired) electrons. The summed E-state index contributed by atoms with van der Waals surface area (Å²) in [5, 5.41) is 0. The molecular weight excluding hydrogens is 266 g/mol. The van der Waals surface area contributed by atoms with Gasteiger partial charge in [-0.15, -0.1) is 0 Å². The normalized spacial score (nSPS) is 21.8. The molecule has 1 amide bonds. The van der Waals surface area contributed by atoms with Gasteiger partial charge in [0.05, 0.1) is 0 Å². The minimum absolute atomic E-state index is 0.167. The van der Waals surface area contributed by atoms with E-state index in [4.69, 9.17) is 4.74 Å². The Labute approximate surface area is 129 Å². The number of amides is 1. The summed E-state index contributed by atoms with van der Waals surface area (Å²) < 4.78 is 5.42. The molecule has 0 unspecified atom stereocenters. The van der Waals surface area contributed by atoms with E-state index in [9.17, 15) is 4.79 Å². The average Bonchev–Trinajstić information content (AvgIpc) is 2.91. The van der Waals surface area contributed by atoms with E-state index in [1.54, 1.807) is 0 Å². The van der Waals surface area contributed by atoms with E-state index >= 15 is 0 Å². The molecule has 0 aromatic rings. The zero-order chi connectivity index (χ0) is 15.3. The molecule has 0 aliphatic carbocycles. The third-order valence-corrected chi connectivity index (χ3v) is 4.17. The van der Waals surface area contributed by atoms with Gasteiger partial charge >= 0.3 is 6.09 Å². The van der Waals surface area contributed by atoms with Crippen LogP contribution in [0.15, 0.2) is 0 Å². The number of ether oxygens (including phenoxy) is 1. The van der Waals surface area contributed by atoms with Crippen LogP contribution in [-0.4, -0.2) is 78.8 Å². The topological polar surface area (TPSA) is 36.0 Å². The first-order valence-corrected chi connectivity index (χ1v) is 8.37. The number of carbonyl (C=O) groups excluding carboxylic acids is 1. The molecule has 0 bridgehead atoms. The third kappa shape index (κ3) is 5.83. The summed E-state index contributed by atoms with van der Waals surface area (Å²) >= 11 is 0. The van der Waals surface area contributed by atoms with Crippen molar-refractivity contribution in [1.82, 2.24) is 14.7 Å². The van der Waals surface area contributed by atoms with Crippen LogP contribution < -0.4 is 0 Å². The van der Waals surface area contributed by atoms with Crippen LogP contribution in [0.25, 0.3) is 0 Å². The van der Waals surface area contributed by atoms with Gasteiger partial charge in [0.1, 0.15) is 5.60 Å². The number of piperazine rings is 1. The van der Waals surface area contributed by atoms with Gasteiger partial charge in [0.15, 0.2) is 0 Å². The molecule has 0 aromatic heterocycles. The predicted octanol–water partition coefficient (Wildman–Crippen LogP) is 2.02. The highest BCUT2D eigenvalue weighted by molar-refractivity contribution is 5.68. The summed E-state index contributed by atoms with van der Waals surface area (Å²) in [5.74, 6) is 0. The molecule has 5 heteroatoms. The Bertz CT molecular complexity index is 327. The van der Waals surface area contributed by atoms with E-state index in [1.165, 1.54) is 38.9 Å². The van der Waals surface area contributed by atoms with Crippen LogP contribution in [0.2, 0.25) is 0 Å². The molecule has 0 spiro atoms. The van der Waals surface area contributed by atoms with Crippen LogP contribution in [0.5, 0.6) is 0 Å². The van der Waals surface area contributed by atoms with Gasteiger partial charge in [-0.1, -0.05) is 0 Å². The van der Waals surface area contributed by atoms with Gasteiger partial charge in [-0.2, -0.15) is 0 Å². The molecule has 2 aliphatic rings. The molecular formula is C16H31N3O2. The average molecular weight is 297 g/mol. The first-order valence-electron chi connectivity index (χ1n) is 8.37. The van der Waals surface area contributed by atoms with Gasteiger partial charge in [0.25, 0.3) is 0 Å². The van der Waals surface area contributed by atoms with Gasteiger partial charge in [-0.25, -0.2) is 4.79 Å². The van der Waals surface area contributed by atoms with Crippen molar-refractivity contribution in [3.63, 3.8) is 0 Å². The van der Waals surface area contributed by atoms with E-state index in [2.05, 4.69) is 9.80 Å². The van der Waals surface area contributed by atoms with Gasteiger partial charge in [0.2, 0.25) is 0 Å². The Kier molecular flexibility index (Phi) is 5.88. The monoisotopic (exact) mass is 297 g/mol. The standard InChI is InChI=1S/C16H31N3O2/c1-16(2,3)21-15(20)19-13-11-18(12-14-19)10-6-9-17-7-4-5-8-17/h4-14H2,1-3H3. The van der Waals surface area contributed by atoms with Crippen molar-refractivity contribution in [2.75, 3.05) is 52.4 Å². The summed E-state index contributed by atoms with van der Waals surface area (Å²) in [6.45, 7) is 14.2. The highest BCUT2D eigenvalue weighted by Crippen LogP contribution is 2.12. The van der Waals surface area contributed by atoms with Crippen LogP contribution in [0.1, 0.15) is 40.0 Å². The summed E-state index contributed by atoms with van der Waals surface area (Å²) in [6, 6.07) is 0. The molecule has 2 rings (SSSR count). The van der Waals surface area contributed by atoms with Crippen LogP contribution in [0.3, 0.4) is 0 Å². The van der Waals surface area contributed by atoms with Crippen molar-refractivity contribution in [3.8, 4) is 0 Å². The first-order chi connectivity index (χ1) is 9.94. The highest BCUT2D eigenvalue weighted by Gasteiger charge is 2.25. The Morgan fingerprint density at radius 3 is 1.95 bits per heavy atom. The third-order valence-electron chi connectivity index (χ3n) is 4.17. The second-order valence-corrected chi connectivity index (χ2v) is 7.21. The van der Waals surface area contributed by atoms with Crippen molar-refractivity contribution in [3.05, 3.63) is 0 Å². The molecule has 0 atom stereocenters. The van der Waals surface area contributed by atoms with Crippen LogP contribution >= 0.6 is 0 Å². The Balaban J connectivity index is 1.60. The molecule has 5 nitrogen and oxygen atoms in total. The summed E-state index contributed by atoms with van der Waals surface area (Å²) in [5.41, 5.74) is -0.399. The van der Waals surface area contributed by atoms with Gasteiger partial charge in [-0.05, 0) is 66.2 Å². The Morgan fingerprint density at radius 1 is 0.905 bits per heavy atom. The highest BCUT2D eigenvalue weighted by atomic mass is 16.6. The number of carbonyl (C=O) groups is 1. The van der Waals surface area contributed by atoms with Crippen molar-refractivity contribution in [1.29, 1.82) is 0 Å². The lowest BCUT2D eigenvalue weighted by molar-refractivity contribution is 0.0143. The molecule has 2 aliphatic heterocycles. The number of rotatable bonds is 4. The summed E-state index contributed by atoms with van der Waals surface area (Å²) in [6.07, 6.45) is 3.81. The lowest BCUT2D eigenvalue weighted by Crippen LogP contribution is -2.50. The molecule has 0 aromatic carbocycles. The zero-order valence-corrected chi connectivity index (χ0v) is 13.9. The number of hydrogen-bond acceptors (Lipinski definition) is 4. The van der Waals surface area contributed by atoms with E-state index in [1.807, 2.05) is 25.7 Å². The van der Waals surface area contributed by atoms with Crippen LogP contribution in [-0.2, 0) is 4.74 Å². The van der Waals surface area contributed by atoms with E-state index < -0.39 is 5.60 Å². The van der Waals surface area contributed by atoms with Gasteiger partial charge in [0, 0.05) is 26.2 Å². The van der Waals surface area contributed by atoms with Crippen LogP contribution in [0, 0.1) is 0 Å². The van der Waals surface area contributed by atoms with Crippen LogP contribution in [0.4, 0.5) is 4.79 Å². The summed E-state index contributed by atoms with van der Waals surface area (Å²) in [7, 11) is 0. The lowest BCUT2D eigenvalue weighted by atomic mass is 10.2. The molecule has 0 saturated carbocycles. The first kappa shape index (κ1) is 16.6. The summed E-state index contributed by atoms with van der Waals surface area (Å²) in [4.78, 5) is 18.9. The number of likely N-dealkylation sites (tertiary alicyclic amines) is 1. The van der Waals surface area contributed by atoms with E-state index in [0.29, 0.717) is 0 Å². The Morgan fingerprint density at radius 2 is 1.43 bits per heavy atom. The fourth-order valence-corrected chi connectivity index (χ4v) is 3.00. The maximum atomic E-state index is 12.0. The largest absolute Gasteiger partial charge is 0.444 e. The quantitative estimate of drug-likeness (QED) is 0.795. The smallest absolute Gasteiger partial charge is 0.410 e. The second-order valence-electron chi connectivity index (χ2n) is 7.21. The maximum absolute atomic E-state index is 12.0. The van der Waals surface area contributed by atoms with Gasteiger partial charge in [-0.3, -0.25) is 4.90 Å². The number of nitrogens with zero attached hydrogens (tertiary/aromatic N) is 3. The van der Waals surface area contributed by atoms with Gasteiger partial charge < -0.3 is 14.5 Å². The second kappa shape index (κ2) is 7.45. The van der Waals surface area contributed by atoms with E-state index in [0.717, 1.165) is 32.7 Å². The fourth-order valence-electron chi connectivity index (χ4n) is 3.00. The predicted molar refractivity (Wildman–Crippen MR) is 84.5 cm³/mol. The Hall–Kier alpha value is -0.810. The van der Waals surface area contributed by atoms with Crippen molar-refractivity contribution in [2.45, 2.75) is 45.6 Å². The molecule has 122 valence electrons. The molecule has 2 saturated heterocycles. The SMILES string of the molecule is CC(C)(C)OC(=O)N1CCN(CCCN2CCCC2)CC1. The molecule has 0 N–H and O–H groups in total. The minimum atomic E-state index is -0.399.